The van der Waals surface area contributed by atoms with Crippen LogP contribution in [0.1, 0.15) is 69.7 Å². The summed E-state index contributed by atoms with van der Waals surface area (Å²) in [4.78, 5) is 23.5. The molecule has 3 rings (SSSR count). The number of carbonyl (C=O) groups is 1. The van der Waals surface area contributed by atoms with Crippen molar-refractivity contribution in [1.82, 2.24) is 14.9 Å². The highest BCUT2D eigenvalue weighted by Crippen LogP contribution is 2.33. The normalized spacial score (nSPS) is 26.1. The van der Waals surface area contributed by atoms with Gasteiger partial charge in [-0.05, 0) is 75.9 Å². The lowest BCUT2D eigenvalue weighted by molar-refractivity contribution is -0.127. The van der Waals surface area contributed by atoms with Gasteiger partial charge in [0, 0.05) is 30.8 Å². The lowest BCUT2D eigenvalue weighted by Gasteiger charge is -2.36. The second-order valence-corrected chi connectivity index (χ2v) is 8.41. The zero-order chi connectivity index (χ0) is 17.8. The number of rotatable bonds is 5. The van der Waals surface area contributed by atoms with Crippen molar-refractivity contribution >= 4 is 5.78 Å². The SMILES string of the molecule is Cc1ncc(C2CCN(CC3CCC(C(=O)C(C)C)CC3)CC2)cn1. The van der Waals surface area contributed by atoms with Crippen LogP contribution in [0.2, 0.25) is 0 Å². The van der Waals surface area contributed by atoms with E-state index in [4.69, 9.17) is 0 Å². The molecule has 0 atom stereocenters. The van der Waals surface area contributed by atoms with Crippen molar-refractivity contribution in [2.75, 3.05) is 19.6 Å². The number of aromatic nitrogens is 2. The van der Waals surface area contributed by atoms with Crippen LogP contribution < -0.4 is 0 Å². The number of piperidine rings is 1. The predicted molar refractivity (Wildman–Crippen MR) is 100 cm³/mol. The Morgan fingerprint density at radius 2 is 1.68 bits per heavy atom. The lowest BCUT2D eigenvalue weighted by atomic mass is 9.77. The van der Waals surface area contributed by atoms with Crippen molar-refractivity contribution in [3.05, 3.63) is 23.8 Å². The highest BCUT2D eigenvalue weighted by Gasteiger charge is 2.29. The molecule has 0 aromatic carbocycles. The van der Waals surface area contributed by atoms with Gasteiger partial charge in [0.1, 0.15) is 11.6 Å². The fourth-order valence-electron chi connectivity index (χ4n) is 4.53. The third-order valence-corrected chi connectivity index (χ3v) is 6.19. The molecule has 0 unspecified atom stereocenters. The third kappa shape index (κ3) is 4.87. The Hall–Kier alpha value is -1.29. The van der Waals surface area contributed by atoms with Gasteiger partial charge in [-0.2, -0.15) is 0 Å². The molecule has 0 bridgehead atoms. The molecule has 0 amide bonds. The van der Waals surface area contributed by atoms with E-state index in [1.807, 2.05) is 33.2 Å². The van der Waals surface area contributed by atoms with Gasteiger partial charge in [0.25, 0.3) is 0 Å². The number of likely N-dealkylation sites (tertiary alicyclic amines) is 1. The molecule has 138 valence electrons. The number of Topliss-reactive ketones (excluding diaryl/α,β-unsaturated/α-hetero) is 1. The van der Waals surface area contributed by atoms with E-state index >= 15 is 0 Å². The summed E-state index contributed by atoms with van der Waals surface area (Å²) in [5.41, 5.74) is 1.30. The van der Waals surface area contributed by atoms with Gasteiger partial charge >= 0.3 is 0 Å². The van der Waals surface area contributed by atoms with E-state index in [9.17, 15) is 4.79 Å². The predicted octanol–water partition coefficient (Wildman–Crippen LogP) is 4.00. The summed E-state index contributed by atoms with van der Waals surface area (Å²) >= 11 is 0. The Kier molecular flexibility index (Phi) is 6.21. The molecule has 2 aliphatic rings. The molecule has 1 aromatic heterocycles. The zero-order valence-corrected chi connectivity index (χ0v) is 16.1. The van der Waals surface area contributed by atoms with E-state index in [2.05, 4.69) is 14.9 Å². The van der Waals surface area contributed by atoms with E-state index in [0.717, 1.165) is 24.6 Å². The first kappa shape index (κ1) is 18.5. The second-order valence-electron chi connectivity index (χ2n) is 8.41. The standard InChI is InChI=1S/C21H33N3O/c1-15(2)21(25)19-6-4-17(5-7-19)14-24-10-8-18(9-11-24)20-12-22-16(3)23-13-20/h12-13,15,17-19H,4-11,14H2,1-3H3. The van der Waals surface area contributed by atoms with Gasteiger partial charge in [-0.1, -0.05) is 13.8 Å². The van der Waals surface area contributed by atoms with Gasteiger partial charge in [0.2, 0.25) is 0 Å². The number of hydrogen-bond donors (Lipinski definition) is 0. The number of ketones is 1. The fraction of sp³-hybridized carbons (Fsp3) is 0.762. The second kappa shape index (κ2) is 8.39. The molecule has 2 fully saturated rings. The zero-order valence-electron chi connectivity index (χ0n) is 16.1. The van der Waals surface area contributed by atoms with Gasteiger partial charge in [-0.15, -0.1) is 0 Å². The van der Waals surface area contributed by atoms with E-state index in [0.29, 0.717) is 17.6 Å². The molecular formula is C21H33N3O. The van der Waals surface area contributed by atoms with Crippen LogP contribution in [0.5, 0.6) is 0 Å². The first-order valence-electron chi connectivity index (χ1n) is 10.1. The first-order chi connectivity index (χ1) is 12.0. The molecule has 0 N–H and O–H groups in total. The van der Waals surface area contributed by atoms with Crippen molar-refractivity contribution in [3.8, 4) is 0 Å². The maximum Gasteiger partial charge on any atom is 0.138 e. The number of carbonyl (C=O) groups excluding carboxylic acids is 1. The maximum atomic E-state index is 12.2. The number of aryl methyl sites for hydroxylation is 1. The van der Waals surface area contributed by atoms with Gasteiger partial charge in [-0.25, -0.2) is 9.97 Å². The van der Waals surface area contributed by atoms with Gasteiger partial charge in [-0.3, -0.25) is 4.79 Å². The molecule has 0 radical (unpaired) electrons. The van der Waals surface area contributed by atoms with Crippen molar-refractivity contribution in [1.29, 1.82) is 0 Å². The maximum absolute atomic E-state index is 12.2. The van der Waals surface area contributed by atoms with Crippen LogP contribution in [0.15, 0.2) is 12.4 Å². The molecule has 4 heteroatoms. The van der Waals surface area contributed by atoms with E-state index in [1.165, 1.54) is 50.9 Å². The summed E-state index contributed by atoms with van der Waals surface area (Å²) in [5.74, 6) is 3.29. The molecule has 25 heavy (non-hydrogen) atoms. The minimum absolute atomic E-state index is 0.200. The summed E-state index contributed by atoms with van der Waals surface area (Å²) in [5, 5.41) is 0. The van der Waals surface area contributed by atoms with E-state index < -0.39 is 0 Å². The largest absolute Gasteiger partial charge is 0.303 e. The average molecular weight is 344 g/mol. The van der Waals surface area contributed by atoms with Crippen molar-refractivity contribution in [2.45, 2.75) is 65.2 Å². The van der Waals surface area contributed by atoms with Crippen LogP contribution >= 0.6 is 0 Å². The Balaban J connectivity index is 1.41. The molecule has 1 saturated carbocycles. The molecule has 1 aliphatic carbocycles. The van der Waals surface area contributed by atoms with Crippen LogP contribution in [-0.4, -0.2) is 40.3 Å². The van der Waals surface area contributed by atoms with Crippen LogP contribution in [0.3, 0.4) is 0 Å². The van der Waals surface area contributed by atoms with Crippen LogP contribution in [-0.2, 0) is 4.79 Å². The number of hydrogen-bond acceptors (Lipinski definition) is 4. The Labute approximate surface area is 152 Å². The summed E-state index contributed by atoms with van der Waals surface area (Å²) in [6.45, 7) is 9.61. The van der Waals surface area contributed by atoms with Crippen molar-refractivity contribution in [3.63, 3.8) is 0 Å². The Morgan fingerprint density at radius 3 is 2.24 bits per heavy atom. The fourth-order valence-corrected chi connectivity index (χ4v) is 4.53. The minimum atomic E-state index is 0.200. The van der Waals surface area contributed by atoms with E-state index in [-0.39, 0.29) is 5.92 Å². The van der Waals surface area contributed by atoms with Crippen LogP contribution in [0.25, 0.3) is 0 Å². The smallest absolute Gasteiger partial charge is 0.138 e. The molecular weight excluding hydrogens is 310 g/mol. The quantitative estimate of drug-likeness (QED) is 0.811. The summed E-state index contributed by atoms with van der Waals surface area (Å²) in [6, 6.07) is 0. The summed E-state index contributed by atoms with van der Waals surface area (Å²) in [6.07, 6.45) is 11.1. The Bertz CT molecular complexity index is 553. The molecule has 2 heterocycles. The lowest BCUT2D eigenvalue weighted by Crippen LogP contribution is -2.38. The average Bonchev–Trinajstić information content (AvgIpc) is 2.63. The first-order valence-corrected chi connectivity index (χ1v) is 10.1. The highest BCUT2D eigenvalue weighted by molar-refractivity contribution is 5.82. The molecule has 4 nitrogen and oxygen atoms in total. The number of nitrogens with zero attached hydrogens (tertiary/aromatic N) is 3. The minimum Gasteiger partial charge on any atom is -0.303 e. The van der Waals surface area contributed by atoms with E-state index in [1.54, 1.807) is 0 Å². The monoisotopic (exact) mass is 343 g/mol. The van der Waals surface area contributed by atoms with Crippen LogP contribution in [0.4, 0.5) is 0 Å². The topological polar surface area (TPSA) is 46.1 Å². The summed E-state index contributed by atoms with van der Waals surface area (Å²) < 4.78 is 0. The van der Waals surface area contributed by atoms with Gasteiger partial charge in [0.15, 0.2) is 0 Å². The van der Waals surface area contributed by atoms with Crippen LogP contribution in [0, 0.1) is 24.7 Å². The summed E-state index contributed by atoms with van der Waals surface area (Å²) in [7, 11) is 0. The van der Waals surface area contributed by atoms with Crippen molar-refractivity contribution in [2.24, 2.45) is 17.8 Å². The van der Waals surface area contributed by atoms with Gasteiger partial charge in [0.05, 0.1) is 0 Å². The molecule has 1 aliphatic heterocycles. The van der Waals surface area contributed by atoms with Crippen molar-refractivity contribution < 1.29 is 4.79 Å². The van der Waals surface area contributed by atoms with Gasteiger partial charge < -0.3 is 4.90 Å². The highest BCUT2D eigenvalue weighted by atomic mass is 16.1. The third-order valence-electron chi connectivity index (χ3n) is 6.19. The Morgan fingerprint density at radius 1 is 1.08 bits per heavy atom. The molecule has 0 spiro atoms. The molecule has 1 aromatic rings. The molecule has 1 saturated heterocycles.